The molecule has 1 heterocycles. The van der Waals surface area contributed by atoms with Gasteiger partial charge < -0.3 is 0 Å². The second-order valence-electron chi connectivity index (χ2n) is 4.04. The van der Waals surface area contributed by atoms with E-state index in [0.29, 0.717) is 12.0 Å². The zero-order chi connectivity index (χ0) is 12.5. The summed E-state index contributed by atoms with van der Waals surface area (Å²) in [5.74, 6) is 0. The molecule has 0 saturated heterocycles. The second-order valence-corrected chi connectivity index (χ2v) is 6.17. The first-order valence-electron chi connectivity index (χ1n) is 5.48. The Morgan fingerprint density at radius 1 is 1.24 bits per heavy atom. The lowest BCUT2D eigenvalue weighted by Gasteiger charge is -2.07. The Bertz CT molecular complexity index is 626. The molecule has 0 unspecified atom stereocenters. The van der Waals surface area contributed by atoms with Crippen LogP contribution in [0.5, 0.6) is 0 Å². The van der Waals surface area contributed by atoms with Crippen LogP contribution in [0.25, 0.3) is 10.8 Å². The van der Waals surface area contributed by atoms with Gasteiger partial charge in [-0.15, -0.1) is 0 Å². The number of fused-ring (bicyclic) bond motifs is 1. The number of aryl methyl sites for hydroxylation is 1. The van der Waals surface area contributed by atoms with Crippen molar-refractivity contribution in [2.75, 3.05) is 0 Å². The Kier molecular flexibility index (Phi) is 3.51. The molecule has 1 aromatic heterocycles. The highest BCUT2D eigenvalue weighted by molar-refractivity contribution is 7.85. The third-order valence-corrected chi connectivity index (χ3v) is 4.45. The normalized spacial score (nSPS) is 12.1. The third kappa shape index (κ3) is 2.68. The van der Waals surface area contributed by atoms with Gasteiger partial charge in [0.15, 0.2) is 0 Å². The maximum Gasteiger partial charge on any atom is 0.294 e. The molecule has 1 aromatic carbocycles. The first-order valence-corrected chi connectivity index (χ1v) is 7.87. The van der Waals surface area contributed by atoms with Crippen molar-refractivity contribution in [3.05, 3.63) is 28.5 Å². The fourth-order valence-corrected chi connectivity index (χ4v) is 3.38. The van der Waals surface area contributed by atoms with Crippen LogP contribution in [0.1, 0.15) is 25.3 Å². The van der Waals surface area contributed by atoms with Gasteiger partial charge in [0.1, 0.15) is 0 Å². The summed E-state index contributed by atoms with van der Waals surface area (Å²) in [6.45, 7) is 2.05. The van der Waals surface area contributed by atoms with Crippen molar-refractivity contribution in [3.63, 3.8) is 0 Å². The predicted octanol–water partition coefficient (Wildman–Crippen LogP) is 3.49. The molecule has 0 aliphatic carbocycles. The minimum absolute atomic E-state index is 0.0526. The molecule has 0 atom stereocenters. The van der Waals surface area contributed by atoms with Crippen LogP contribution >= 0.6 is 11.3 Å². The number of benzene rings is 1. The van der Waals surface area contributed by atoms with E-state index in [4.69, 9.17) is 0 Å². The molecule has 0 bridgehead atoms. The van der Waals surface area contributed by atoms with Gasteiger partial charge >= 0.3 is 0 Å². The van der Waals surface area contributed by atoms with E-state index in [1.54, 1.807) is 6.07 Å². The lowest BCUT2D eigenvalue weighted by atomic mass is 10.1. The van der Waals surface area contributed by atoms with E-state index in [-0.39, 0.29) is 4.90 Å². The van der Waals surface area contributed by atoms with Crippen molar-refractivity contribution in [1.82, 2.24) is 0 Å². The van der Waals surface area contributed by atoms with Crippen molar-refractivity contribution >= 4 is 32.2 Å². The number of thiophene rings is 1. The molecule has 0 spiro atoms. The molecule has 5 heteroatoms. The lowest BCUT2D eigenvalue weighted by molar-refractivity contribution is 0.482. The molecule has 92 valence electrons. The maximum absolute atomic E-state index is 11.3. The summed E-state index contributed by atoms with van der Waals surface area (Å²) in [7, 11) is -4.13. The Balaban J connectivity index is 2.60. The smallest absolute Gasteiger partial charge is 0.282 e. The summed E-state index contributed by atoms with van der Waals surface area (Å²) < 4.78 is 31.9. The van der Waals surface area contributed by atoms with E-state index < -0.39 is 10.1 Å². The molecule has 0 fully saturated rings. The maximum atomic E-state index is 11.3. The van der Waals surface area contributed by atoms with Crippen molar-refractivity contribution in [2.24, 2.45) is 0 Å². The van der Waals surface area contributed by atoms with Gasteiger partial charge in [-0.05, 0) is 52.1 Å². The minimum atomic E-state index is -4.13. The van der Waals surface area contributed by atoms with Gasteiger partial charge in [0.2, 0.25) is 0 Å². The molecule has 0 saturated carbocycles. The van der Waals surface area contributed by atoms with Crippen LogP contribution < -0.4 is 0 Å². The first-order chi connectivity index (χ1) is 8.02. The largest absolute Gasteiger partial charge is 0.294 e. The number of hydrogen-bond donors (Lipinski definition) is 1. The average molecular weight is 270 g/mol. The van der Waals surface area contributed by atoms with Crippen LogP contribution in [-0.2, 0) is 16.5 Å². The van der Waals surface area contributed by atoms with Gasteiger partial charge in [0, 0.05) is 0 Å². The fraction of sp³-hybridized carbons (Fsp3) is 0.333. The van der Waals surface area contributed by atoms with Crippen LogP contribution in [0, 0.1) is 0 Å². The summed E-state index contributed by atoms with van der Waals surface area (Å²) in [5.41, 5.74) is 0.709. The van der Waals surface area contributed by atoms with Crippen molar-refractivity contribution in [1.29, 1.82) is 0 Å². The summed E-state index contributed by atoms with van der Waals surface area (Å²) in [6, 6.07) is 3.43. The number of unbranched alkanes of at least 4 members (excludes halogenated alkanes) is 1. The molecule has 17 heavy (non-hydrogen) atoms. The summed E-state index contributed by atoms with van der Waals surface area (Å²) in [6.07, 6.45) is 2.59. The Morgan fingerprint density at radius 2 is 1.88 bits per heavy atom. The van der Waals surface area contributed by atoms with Gasteiger partial charge in [-0.1, -0.05) is 13.3 Å². The lowest BCUT2D eigenvalue weighted by Crippen LogP contribution is -2.03. The van der Waals surface area contributed by atoms with Crippen molar-refractivity contribution in [3.8, 4) is 0 Å². The van der Waals surface area contributed by atoms with E-state index in [9.17, 15) is 13.0 Å². The average Bonchev–Trinajstić information content (AvgIpc) is 2.70. The second kappa shape index (κ2) is 4.76. The monoisotopic (exact) mass is 270 g/mol. The third-order valence-electron chi connectivity index (χ3n) is 2.73. The molecule has 0 amide bonds. The van der Waals surface area contributed by atoms with Crippen LogP contribution in [0.4, 0.5) is 0 Å². The molecule has 0 aliphatic rings. The quantitative estimate of drug-likeness (QED) is 0.865. The van der Waals surface area contributed by atoms with E-state index >= 15 is 0 Å². The van der Waals surface area contributed by atoms with Crippen LogP contribution in [0.2, 0.25) is 0 Å². The summed E-state index contributed by atoms with van der Waals surface area (Å²) in [5, 5.41) is 5.77. The molecular weight excluding hydrogens is 256 g/mol. The highest BCUT2D eigenvalue weighted by Crippen LogP contribution is 2.27. The molecule has 3 nitrogen and oxygen atoms in total. The fourth-order valence-electron chi connectivity index (χ4n) is 1.85. The molecular formula is C12H14O3S2. The van der Waals surface area contributed by atoms with Gasteiger partial charge in [-0.25, -0.2) is 0 Å². The Morgan fingerprint density at radius 3 is 2.47 bits per heavy atom. The van der Waals surface area contributed by atoms with E-state index in [2.05, 4.69) is 6.92 Å². The van der Waals surface area contributed by atoms with E-state index in [1.165, 1.54) is 11.3 Å². The zero-order valence-corrected chi connectivity index (χ0v) is 11.1. The van der Waals surface area contributed by atoms with Crippen molar-refractivity contribution < 1.29 is 13.0 Å². The minimum Gasteiger partial charge on any atom is -0.282 e. The van der Waals surface area contributed by atoms with E-state index in [0.717, 1.165) is 23.6 Å². The Labute approximate surface area is 105 Å². The summed E-state index contributed by atoms with van der Waals surface area (Å²) in [4.78, 5) is 0.0526. The molecule has 0 aliphatic heterocycles. The van der Waals surface area contributed by atoms with Crippen LogP contribution in [-0.4, -0.2) is 13.0 Å². The van der Waals surface area contributed by atoms with Gasteiger partial charge in [0.05, 0.1) is 4.90 Å². The Hall–Kier alpha value is -0.910. The standard InChI is InChI=1S/C12H14O3S2/c1-2-3-4-9-5-10-7-16-8-11(10)6-12(9)17(13,14)15/h5-8H,2-4H2,1H3,(H,13,14,15). The van der Waals surface area contributed by atoms with Crippen molar-refractivity contribution in [2.45, 2.75) is 31.1 Å². The molecule has 1 N–H and O–H groups in total. The van der Waals surface area contributed by atoms with Gasteiger partial charge in [0.25, 0.3) is 10.1 Å². The van der Waals surface area contributed by atoms with Gasteiger partial charge in [-0.3, -0.25) is 4.55 Å². The molecule has 2 rings (SSSR count). The zero-order valence-electron chi connectivity index (χ0n) is 9.51. The number of hydrogen-bond acceptors (Lipinski definition) is 3. The molecule has 0 radical (unpaired) electrons. The summed E-state index contributed by atoms with van der Waals surface area (Å²) >= 11 is 1.53. The van der Waals surface area contributed by atoms with Crippen LogP contribution in [0.15, 0.2) is 27.8 Å². The SMILES string of the molecule is CCCCc1cc2cscc2cc1S(=O)(=O)O. The first kappa shape index (κ1) is 12.5. The molecule has 2 aromatic rings. The predicted molar refractivity (Wildman–Crippen MR) is 70.3 cm³/mol. The van der Waals surface area contributed by atoms with E-state index in [1.807, 2.05) is 16.8 Å². The number of rotatable bonds is 4. The van der Waals surface area contributed by atoms with Crippen LogP contribution in [0.3, 0.4) is 0 Å². The topological polar surface area (TPSA) is 54.4 Å². The highest BCUT2D eigenvalue weighted by Gasteiger charge is 2.16. The van der Waals surface area contributed by atoms with Gasteiger partial charge in [-0.2, -0.15) is 19.8 Å². The highest BCUT2D eigenvalue weighted by atomic mass is 32.2.